The van der Waals surface area contributed by atoms with Gasteiger partial charge in [-0.25, -0.2) is 4.79 Å². The molecule has 7 heteroatoms. The molecule has 0 fully saturated rings. The standard InChI is InChI=1S/C11H13ClN4O2/c1-7-8(10(12)15(3)13-7)6-16-9(17)4-5-14(2)11(16)18/h4-5H,6H2,1-3H3. The SMILES string of the molecule is Cc1nn(C)c(Cl)c1Cn1c(=O)ccn(C)c1=O. The molecular weight excluding hydrogens is 256 g/mol. The zero-order valence-corrected chi connectivity index (χ0v) is 11.1. The Balaban J connectivity index is 2.57. The number of aromatic nitrogens is 4. The van der Waals surface area contributed by atoms with Gasteiger partial charge in [0.2, 0.25) is 0 Å². The Morgan fingerprint density at radius 1 is 1.33 bits per heavy atom. The largest absolute Gasteiger partial charge is 0.331 e. The van der Waals surface area contributed by atoms with Crippen LogP contribution in [0.5, 0.6) is 0 Å². The third kappa shape index (κ3) is 1.99. The highest BCUT2D eigenvalue weighted by Crippen LogP contribution is 2.18. The molecule has 2 rings (SSSR count). The lowest BCUT2D eigenvalue weighted by molar-refractivity contribution is 0.638. The summed E-state index contributed by atoms with van der Waals surface area (Å²) in [6, 6.07) is 1.35. The minimum absolute atomic E-state index is 0.130. The second-order valence-corrected chi connectivity index (χ2v) is 4.47. The van der Waals surface area contributed by atoms with E-state index in [0.717, 1.165) is 4.57 Å². The summed E-state index contributed by atoms with van der Waals surface area (Å²) in [5.41, 5.74) is 0.670. The minimum Gasteiger partial charge on any atom is -0.303 e. The molecule has 0 aliphatic rings. The third-order valence-electron chi connectivity index (χ3n) is 2.83. The number of rotatable bonds is 2. The normalized spacial score (nSPS) is 10.9. The highest BCUT2D eigenvalue weighted by atomic mass is 35.5. The Labute approximate surface area is 108 Å². The summed E-state index contributed by atoms with van der Waals surface area (Å²) in [7, 11) is 3.31. The summed E-state index contributed by atoms with van der Waals surface area (Å²) in [4.78, 5) is 23.6. The van der Waals surface area contributed by atoms with E-state index in [9.17, 15) is 9.59 Å². The zero-order valence-electron chi connectivity index (χ0n) is 10.3. The van der Waals surface area contributed by atoms with Crippen molar-refractivity contribution in [2.45, 2.75) is 13.5 Å². The van der Waals surface area contributed by atoms with Crippen molar-refractivity contribution >= 4 is 11.6 Å². The molecule has 0 unspecified atom stereocenters. The van der Waals surface area contributed by atoms with Gasteiger partial charge in [-0.3, -0.25) is 14.0 Å². The second kappa shape index (κ2) is 4.45. The lowest BCUT2D eigenvalue weighted by Crippen LogP contribution is -2.38. The van der Waals surface area contributed by atoms with Crippen molar-refractivity contribution < 1.29 is 0 Å². The number of aryl methyl sites for hydroxylation is 3. The van der Waals surface area contributed by atoms with E-state index in [1.54, 1.807) is 21.0 Å². The van der Waals surface area contributed by atoms with Gasteiger partial charge in [-0.15, -0.1) is 0 Å². The molecule has 0 aliphatic carbocycles. The molecule has 6 nitrogen and oxygen atoms in total. The quantitative estimate of drug-likeness (QED) is 0.787. The molecule has 0 bridgehead atoms. The lowest BCUT2D eigenvalue weighted by Gasteiger charge is -2.06. The van der Waals surface area contributed by atoms with E-state index in [-0.39, 0.29) is 17.8 Å². The van der Waals surface area contributed by atoms with Crippen molar-refractivity contribution in [2.75, 3.05) is 0 Å². The molecule has 0 spiro atoms. The van der Waals surface area contributed by atoms with Crippen molar-refractivity contribution in [3.8, 4) is 0 Å². The number of hydrogen-bond acceptors (Lipinski definition) is 3. The molecule has 2 aromatic heterocycles. The fourth-order valence-electron chi connectivity index (χ4n) is 1.77. The molecule has 0 aromatic carbocycles. The Morgan fingerprint density at radius 2 is 2.00 bits per heavy atom. The first kappa shape index (κ1) is 12.6. The Kier molecular flexibility index (Phi) is 3.13. The van der Waals surface area contributed by atoms with E-state index in [1.807, 2.05) is 0 Å². The number of hydrogen-bond donors (Lipinski definition) is 0. The molecule has 0 atom stereocenters. The summed E-state index contributed by atoms with van der Waals surface area (Å²) in [6.07, 6.45) is 1.44. The van der Waals surface area contributed by atoms with Gasteiger partial charge in [0.1, 0.15) is 5.15 Å². The van der Waals surface area contributed by atoms with Crippen LogP contribution in [0.1, 0.15) is 11.3 Å². The molecule has 0 aliphatic heterocycles. The van der Waals surface area contributed by atoms with Crippen molar-refractivity contribution in [3.05, 3.63) is 49.5 Å². The maximum atomic E-state index is 11.9. The van der Waals surface area contributed by atoms with E-state index in [1.165, 1.54) is 21.5 Å². The topological polar surface area (TPSA) is 61.8 Å². The fraction of sp³-hybridized carbons (Fsp3) is 0.364. The Morgan fingerprint density at radius 3 is 2.56 bits per heavy atom. The second-order valence-electron chi connectivity index (χ2n) is 4.11. The maximum Gasteiger partial charge on any atom is 0.331 e. The van der Waals surface area contributed by atoms with Crippen LogP contribution in [0.4, 0.5) is 0 Å². The predicted octanol–water partition coefficient (Wildman–Crippen LogP) is 0.291. The Hall–Kier alpha value is -1.82. The molecule has 0 radical (unpaired) electrons. The first-order chi connectivity index (χ1) is 8.41. The number of nitrogens with zero attached hydrogens (tertiary/aromatic N) is 4. The van der Waals surface area contributed by atoms with Gasteiger partial charge in [-0.05, 0) is 6.92 Å². The van der Waals surface area contributed by atoms with Crippen LogP contribution in [-0.2, 0) is 20.6 Å². The minimum atomic E-state index is -0.373. The molecule has 2 heterocycles. The van der Waals surface area contributed by atoms with Gasteiger partial charge in [0, 0.05) is 31.9 Å². The average Bonchev–Trinajstić information content (AvgIpc) is 2.55. The third-order valence-corrected chi connectivity index (χ3v) is 3.30. The van der Waals surface area contributed by atoms with Crippen molar-refractivity contribution in [1.82, 2.24) is 18.9 Å². The molecular formula is C11H13ClN4O2. The summed E-state index contributed by atoms with van der Waals surface area (Å²) >= 11 is 6.08. The van der Waals surface area contributed by atoms with Crippen LogP contribution in [0, 0.1) is 6.92 Å². The summed E-state index contributed by atoms with van der Waals surface area (Å²) in [6.45, 7) is 1.92. The number of halogens is 1. The first-order valence-electron chi connectivity index (χ1n) is 5.36. The summed E-state index contributed by atoms with van der Waals surface area (Å²) < 4.78 is 4.00. The van der Waals surface area contributed by atoms with Crippen LogP contribution in [0.15, 0.2) is 21.9 Å². The van der Waals surface area contributed by atoms with E-state index in [0.29, 0.717) is 16.4 Å². The smallest absolute Gasteiger partial charge is 0.303 e. The summed E-state index contributed by atoms with van der Waals surface area (Å²) in [5.74, 6) is 0. The van der Waals surface area contributed by atoms with Crippen molar-refractivity contribution in [1.29, 1.82) is 0 Å². The van der Waals surface area contributed by atoms with Gasteiger partial charge < -0.3 is 4.57 Å². The van der Waals surface area contributed by atoms with Gasteiger partial charge in [-0.1, -0.05) is 11.6 Å². The predicted molar refractivity (Wildman–Crippen MR) is 68.0 cm³/mol. The van der Waals surface area contributed by atoms with Gasteiger partial charge >= 0.3 is 5.69 Å². The monoisotopic (exact) mass is 268 g/mol. The molecule has 0 amide bonds. The van der Waals surface area contributed by atoms with Crippen LogP contribution in [0.3, 0.4) is 0 Å². The van der Waals surface area contributed by atoms with Crippen molar-refractivity contribution in [2.24, 2.45) is 14.1 Å². The van der Waals surface area contributed by atoms with E-state index < -0.39 is 0 Å². The van der Waals surface area contributed by atoms with Crippen molar-refractivity contribution in [3.63, 3.8) is 0 Å². The maximum absolute atomic E-state index is 11.9. The zero-order chi connectivity index (χ0) is 13.4. The molecule has 18 heavy (non-hydrogen) atoms. The van der Waals surface area contributed by atoms with Crippen LogP contribution in [0.2, 0.25) is 5.15 Å². The van der Waals surface area contributed by atoms with Gasteiger partial charge in [-0.2, -0.15) is 5.10 Å². The average molecular weight is 269 g/mol. The summed E-state index contributed by atoms with van der Waals surface area (Å²) in [5, 5.41) is 4.58. The molecule has 0 saturated carbocycles. The van der Waals surface area contributed by atoms with Crippen LogP contribution in [0.25, 0.3) is 0 Å². The van der Waals surface area contributed by atoms with Gasteiger partial charge in [0.05, 0.1) is 12.2 Å². The molecule has 0 N–H and O–H groups in total. The Bertz CT molecular complexity index is 711. The fourth-order valence-corrected chi connectivity index (χ4v) is 2.01. The highest BCUT2D eigenvalue weighted by Gasteiger charge is 2.14. The molecule has 96 valence electrons. The van der Waals surface area contributed by atoms with Crippen LogP contribution in [-0.4, -0.2) is 18.9 Å². The highest BCUT2D eigenvalue weighted by molar-refractivity contribution is 6.30. The van der Waals surface area contributed by atoms with E-state index >= 15 is 0 Å². The van der Waals surface area contributed by atoms with E-state index in [4.69, 9.17) is 11.6 Å². The molecule has 0 saturated heterocycles. The van der Waals surface area contributed by atoms with Gasteiger partial charge in [0.25, 0.3) is 5.56 Å². The van der Waals surface area contributed by atoms with Gasteiger partial charge in [0.15, 0.2) is 0 Å². The lowest BCUT2D eigenvalue weighted by atomic mass is 10.2. The van der Waals surface area contributed by atoms with Crippen LogP contribution < -0.4 is 11.2 Å². The van der Waals surface area contributed by atoms with Crippen LogP contribution >= 0.6 is 11.6 Å². The first-order valence-corrected chi connectivity index (χ1v) is 5.74. The van der Waals surface area contributed by atoms with E-state index in [2.05, 4.69) is 5.10 Å². The molecule has 2 aromatic rings.